The number of rotatable bonds is 8. The Morgan fingerprint density at radius 3 is 1.80 bits per heavy atom. The largest absolute Gasteiger partial charge is 0.465 e. The number of aromatic amines is 2. The van der Waals surface area contributed by atoms with Crippen molar-refractivity contribution in [3.05, 3.63) is 149 Å². The topological polar surface area (TPSA) is 109 Å². The molecule has 8 nitrogen and oxygen atoms in total. The molecule has 8 bridgehead atoms. The summed E-state index contributed by atoms with van der Waals surface area (Å²) in [7, 11) is 2.81. The first kappa shape index (κ1) is 38.4. The highest BCUT2D eigenvalue weighted by atomic mass is 16.5. The van der Waals surface area contributed by atoms with Crippen LogP contribution >= 0.6 is 0 Å². The van der Waals surface area contributed by atoms with Crippen molar-refractivity contribution in [2.75, 3.05) is 14.2 Å². The lowest BCUT2D eigenvalue weighted by Crippen LogP contribution is -2.24. The summed E-state index contributed by atoms with van der Waals surface area (Å²) in [6, 6.07) is 15.4. The van der Waals surface area contributed by atoms with Crippen LogP contribution in [0, 0.1) is 19.3 Å². The number of aliphatic imine (C=N–C) groups is 1. The summed E-state index contributed by atoms with van der Waals surface area (Å²) in [5.41, 5.74) is 17.9. The van der Waals surface area contributed by atoms with Crippen molar-refractivity contribution >= 4 is 40.9 Å². The Hall–Kier alpha value is -5.89. The number of ether oxygens (including phenoxy) is 2. The van der Waals surface area contributed by atoms with Gasteiger partial charge in [-0.2, -0.15) is 0 Å². The van der Waals surface area contributed by atoms with Crippen LogP contribution in [0.15, 0.2) is 87.8 Å². The standard InChI is InChI=1S/C48H52N4O4/c1-11-35-27(6)44-41(31-17-21-33(22-18-31)47(54)56-10)45-29(8)48(13-3,14-4)39(52-45)25-38-36(12-2)28(7)43(51-38)40(30-15-19-32(20-16-30)46(53)55-9)42-26(5)23-34(49-42)24-37(35)50-44/h15-25,50-52H,11-14H2,1-10H3/b37-24-,39-25?,42-40-,44-41-. The average molecular weight is 749 g/mol. The summed E-state index contributed by atoms with van der Waals surface area (Å²) in [4.78, 5) is 38.1. The number of benzene rings is 2. The van der Waals surface area contributed by atoms with Crippen LogP contribution in [-0.2, 0) is 22.3 Å². The second-order valence-electron chi connectivity index (χ2n) is 15.0. The Kier molecular flexibility index (Phi) is 10.3. The van der Waals surface area contributed by atoms with E-state index in [2.05, 4.69) is 88.9 Å². The van der Waals surface area contributed by atoms with Gasteiger partial charge in [0.1, 0.15) is 0 Å². The van der Waals surface area contributed by atoms with Gasteiger partial charge in [-0.25, -0.2) is 14.6 Å². The van der Waals surface area contributed by atoms with E-state index in [0.29, 0.717) is 11.1 Å². The Morgan fingerprint density at radius 2 is 1.27 bits per heavy atom. The lowest BCUT2D eigenvalue weighted by atomic mass is 9.74. The van der Waals surface area contributed by atoms with E-state index < -0.39 is 0 Å². The molecule has 4 aromatic rings. The predicted molar refractivity (Wildman–Crippen MR) is 226 cm³/mol. The molecule has 2 aromatic carbocycles. The molecule has 3 N–H and O–H groups in total. The summed E-state index contributed by atoms with van der Waals surface area (Å²) in [6.07, 6.45) is 10.1. The number of fused-ring (bicyclic) bond motifs is 7. The number of methoxy groups -OCH3 is 2. The third-order valence-electron chi connectivity index (χ3n) is 12.3. The van der Waals surface area contributed by atoms with Crippen LogP contribution in [0.5, 0.6) is 0 Å². The lowest BCUT2D eigenvalue weighted by Gasteiger charge is -2.29. The third-order valence-corrected chi connectivity index (χ3v) is 12.3. The molecule has 0 amide bonds. The molecule has 0 unspecified atom stereocenters. The quantitative estimate of drug-likeness (QED) is 0.157. The molecule has 0 fully saturated rings. The average Bonchev–Trinajstić information content (AvgIpc) is 3.91. The van der Waals surface area contributed by atoms with Gasteiger partial charge in [-0.1, -0.05) is 52.0 Å². The summed E-state index contributed by atoms with van der Waals surface area (Å²) in [5, 5.41) is 6.06. The van der Waals surface area contributed by atoms with Gasteiger partial charge in [-0.05, 0) is 140 Å². The highest BCUT2D eigenvalue weighted by Crippen LogP contribution is 2.50. The molecule has 3 aliphatic heterocycles. The number of hydrogen-bond donors (Lipinski definition) is 3. The van der Waals surface area contributed by atoms with Crippen LogP contribution < -0.4 is 16.0 Å². The summed E-state index contributed by atoms with van der Waals surface area (Å²) in [6.45, 7) is 17.7. The van der Waals surface area contributed by atoms with Gasteiger partial charge in [-0.15, -0.1) is 0 Å². The number of carbonyl (C=O) groups excluding carboxylic acids is 2. The SMILES string of the molecule is CCc1c2[nH]c(c1C)/C(c1ccc(C(=O)OC)cc1)=C1N=C(C=C\1C)/C=c1\[nH]/c(c(C)c1CC)=C(/c1ccc(C(=O)OC)cc1)C1=C(C)C(CC)(CC)C(=C2)N1. The predicted octanol–water partition coefficient (Wildman–Crippen LogP) is 8.54. The van der Waals surface area contributed by atoms with Crippen molar-refractivity contribution < 1.29 is 19.1 Å². The van der Waals surface area contributed by atoms with Gasteiger partial charge in [0.2, 0.25) is 0 Å². The number of esters is 2. The molecule has 0 saturated heterocycles. The molecule has 5 heterocycles. The number of nitrogens with one attached hydrogen (secondary N) is 3. The zero-order valence-corrected chi connectivity index (χ0v) is 34.3. The van der Waals surface area contributed by atoms with E-state index in [0.717, 1.165) is 98.4 Å². The van der Waals surface area contributed by atoms with Gasteiger partial charge < -0.3 is 24.8 Å². The van der Waals surface area contributed by atoms with Crippen LogP contribution in [0.2, 0.25) is 0 Å². The molecular formula is C48H52N4O4. The molecule has 2 aromatic heterocycles. The minimum Gasteiger partial charge on any atom is -0.465 e. The molecule has 8 heteroatoms. The van der Waals surface area contributed by atoms with Gasteiger partial charge in [-0.3, -0.25) is 0 Å². The minimum absolute atomic E-state index is 0.248. The fourth-order valence-electron chi connectivity index (χ4n) is 9.10. The number of allylic oxidation sites excluding steroid dienone is 4. The van der Waals surface area contributed by atoms with E-state index >= 15 is 0 Å². The second-order valence-corrected chi connectivity index (χ2v) is 15.0. The summed E-state index contributed by atoms with van der Waals surface area (Å²) in [5.74, 6) is -0.731. The monoisotopic (exact) mass is 748 g/mol. The van der Waals surface area contributed by atoms with Crippen LogP contribution in [0.1, 0.15) is 120 Å². The first-order valence-corrected chi connectivity index (χ1v) is 19.7. The molecule has 0 radical (unpaired) electrons. The van der Waals surface area contributed by atoms with Crippen molar-refractivity contribution in [2.24, 2.45) is 10.4 Å². The van der Waals surface area contributed by atoms with E-state index in [4.69, 9.17) is 14.5 Å². The molecule has 56 heavy (non-hydrogen) atoms. The van der Waals surface area contributed by atoms with Gasteiger partial charge in [0.05, 0.1) is 47.8 Å². The number of carbonyl (C=O) groups is 2. The summed E-state index contributed by atoms with van der Waals surface area (Å²) >= 11 is 0. The van der Waals surface area contributed by atoms with Crippen LogP contribution in [0.3, 0.4) is 0 Å². The first-order chi connectivity index (χ1) is 26.9. The maximum Gasteiger partial charge on any atom is 0.337 e. The van der Waals surface area contributed by atoms with E-state index in [9.17, 15) is 9.59 Å². The molecule has 288 valence electrons. The fourth-order valence-corrected chi connectivity index (χ4v) is 9.10. The maximum absolute atomic E-state index is 12.5. The third kappa shape index (κ3) is 6.12. The Labute approximate surface area is 329 Å². The van der Waals surface area contributed by atoms with Crippen LogP contribution in [0.25, 0.3) is 23.3 Å². The van der Waals surface area contributed by atoms with Gasteiger partial charge >= 0.3 is 11.9 Å². The highest BCUT2D eigenvalue weighted by Gasteiger charge is 2.42. The molecular weight excluding hydrogens is 697 g/mol. The maximum atomic E-state index is 12.5. The highest BCUT2D eigenvalue weighted by molar-refractivity contribution is 6.20. The van der Waals surface area contributed by atoms with E-state index in [1.807, 2.05) is 48.5 Å². The van der Waals surface area contributed by atoms with Crippen LogP contribution in [-0.4, -0.2) is 41.8 Å². The second kappa shape index (κ2) is 15.0. The Balaban J connectivity index is 1.62. The number of aromatic nitrogens is 2. The lowest BCUT2D eigenvalue weighted by molar-refractivity contribution is 0.0592. The van der Waals surface area contributed by atoms with Gasteiger partial charge in [0.15, 0.2) is 0 Å². The molecule has 0 spiro atoms. The number of H-pyrrole nitrogens is 2. The van der Waals surface area contributed by atoms with E-state index in [-0.39, 0.29) is 17.4 Å². The minimum atomic E-state index is -0.370. The van der Waals surface area contributed by atoms with Crippen molar-refractivity contribution in [2.45, 2.75) is 81.1 Å². The van der Waals surface area contributed by atoms with Crippen molar-refractivity contribution in [1.82, 2.24) is 15.3 Å². The van der Waals surface area contributed by atoms with E-state index in [1.165, 1.54) is 42.0 Å². The molecule has 0 saturated carbocycles. The number of hydrogen-bond acceptors (Lipinski definition) is 6. The van der Waals surface area contributed by atoms with E-state index in [1.54, 1.807) is 0 Å². The first-order valence-electron chi connectivity index (χ1n) is 19.7. The van der Waals surface area contributed by atoms with Crippen molar-refractivity contribution in [1.29, 1.82) is 0 Å². The number of nitrogens with zero attached hydrogens (tertiary/aromatic N) is 1. The normalized spacial score (nSPS) is 18.8. The van der Waals surface area contributed by atoms with Gasteiger partial charge in [0.25, 0.3) is 0 Å². The van der Waals surface area contributed by atoms with Gasteiger partial charge in [0, 0.05) is 39.0 Å². The van der Waals surface area contributed by atoms with Crippen LogP contribution in [0.4, 0.5) is 0 Å². The fraction of sp³-hybridized carbons (Fsp3) is 0.312. The molecule has 0 atom stereocenters. The Morgan fingerprint density at radius 1 is 0.696 bits per heavy atom. The summed E-state index contributed by atoms with van der Waals surface area (Å²) < 4.78 is 10.1. The zero-order chi connectivity index (χ0) is 40.1. The molecule has 3 aliphatic rings. The smallest absolute Gasteiger partial charge is 0.337 e. The zero-order valence-electron chi connectivity index (χ0n) is 34.3. The van der Waals surface area contributed by atoms with Crippen molar-refractivity contribution in [3.8, 4) is 0 Å². The van der Waals surface area contributed by atoms with Crippen molar-refractivity contribution in [3.63, 3.8) is 0 Å². The molecule has 0 aliphatic carbocycles. The Bertz CT molecular complexity index is 2560. The molecule has 7 rings (SSSR count).